The number of ketones is 1. The minimum atomic E-state index is 0.115. The van der Waals surface area contributed by atoms with Gasteiger partial charge in [-0.2, -0.15) is 0 Å². The van der Waals surface area contributed by atoms with Gasteiger partial charge in [-0.3, -0.25) is 4.79 Å². The molecule has 1 fully saturated rings. The molecule has 2 rings (SSSR count). The molecule has 1 aliphatic rings. The molecule has 3 heteroatoms. The first-order valence-electron chi connectivity index (χ1n) is 6.94. The highest BCUT2D eigenvalue weighted by atomic mass is 79.9. The van der Waals surface area contributed by atoms with Crippen molar-refractivity contribution in [1.82, 2.24) is 0 Å². The largest absolute Gasteiger partial charge is 0.371 e. The van der Waals surface area contributed by atoms with Gasteiger partial charge in [0, 0.05) is 23.1 Å². The molecule has 1 saturated heterocycles. The van der Waals surface area contributed by atoms with E-state index in [4.69, 9.17) is 0 Å². The molecule has 0 bridgehead atoms. The van der Waals surface area contributed by atoms with Crippen LogP contribution in [-0.2, 0) is 0 Å². The topological polar surface area (TPSA) is 20.3 Å². The number of halogens is 1. The van der Waals surface area contributed by atoms with Crippen LogP contribution in [0.15, 0.2) is 22.7 Å². The number of hydrogen-bond donors (Lipinski definition) is 0. The number of nitrogens with zero attached hydrogens (tertiary/aromatic N) is 1. The molecule has 0 amide bonds. The molecule has 1 heterocycles. The number of hydrogen-bond acceptors (Lipinski definition) is 2. The lowest BCUT2D eigenvalue weighted by atomic mass is 9.85. The Morgan fingerprint density at radius 1 is 1.26 bits per heavy atom. The van der Waals surface area contributed by atoms with Gasteiger partial charge in [0.15, 0.2) is 5.78 Å². The molecule has 0 N–H and O–H groups in total. The molecule has 1 aromatic carbocycles. The summed E-state index contributed by atoms with van der Waals surface area (Å²) in [6.07, 6.45) is 3.73. The van der Waals surface area contributed by atoms with E-state index < -0.39 is 0 Å². The second-order valence-corrected chi connectivity index (χ2v) is 7.08. The Labute approximate surface area is 124 Å². The molecule has 1 aliphatic heterocycles. The average Bonchev–Trinajstić information content (AvgIpc) is 2.50. The van der Waals surface area contributed by atoms with Crippen LogP contribution in [-0.4, -0.2) is 18.9 Å². The smallest absolute Gasteiger partial charge is 0.159 e. The van der Waals surface area contributed by atoms with E-state index in [0.717, 1.165) is 23.1 Å². The van der Waals surface area contributed by atoms with Crippen molar-refractivity contribution in [2.75, 3.05) is 18.0 Å². The van der Waals surface area contributed by atoms with Crippen molar-refractivity contribution in [1.29, 1.82) is 0 Å². The summed E-state index contributed by atoms with van der Waals surface area (Å²) in [6.45, 7) is 8.50. The maximum absolute atomic E-state index is 11.4. The highest BCUT2D eigenvalue weighted by Gasteiger charge is 2.24. The summed E-state index contributed by atoms with van der Waals surface area (Å²) in [7, 11) is 0. The minimum Gasteiger partial charge on any atom is -0.371 e. The van der Waals surface area contributed by atoms with Crippen LogP contribution in [0.1, 0.15) is 50.4 Å². The average molecular weight is 324 g/mol. The van der Waals surface area contributed by atoms with Gasteiger partial charge >= 0.3 is 0 Å². The number of carbonyl (C=O) groups excluding carboxylic acids is 1. The fraction of sp³-hybridized carbons (Fsp3) is 0.562. The normalized spacial score (nSPS) is 19.1. The summed E-state index contributed by atoms with van der Waals surface area (Å²) in [5.74, 6) is 0.115. The predicted molar refractivity (Wildman–Crippen MR) is 84.0 cm³/mol. The first-order valence-corrected chi connectivity index (χ1v) is 7.74. The lowest BCUT2D eigenvalue weighted by molar-refractivity contribution is 0.101. The van der Waals surface area contributed by atoms with Gasteiger partial charge < -0.3 is 4.90 Å². The van der Waals surface area contributed by atoms with E-state index in [0.29, 0.717) is 5.41 Å². The first kappa shape index (κ1) is 14.6. The lowest BCUT2D eigenvalue weighted by Crippen LogP contribution is -2.25. The van der Waals surface area contributed by atoms with Gasteiger partial charge in [0.2, 0.25) is 0 Å². The van der Waals surface area contributed by atoms with Gasteiger partial charge in [-0.05, 0) is 65.7 Å². The Bertz CT molecular complexity index is 482. The van der Waals surface area contributed by atoms with E-state index >= 15 is 0 Å². The monoisotopic (exact) mass is 323 g/mol. The van der Waals surface area contributed by atoms with E-state index in [1.165, 1.54) is 24.9 Å². The van der Waals surface area contributed by atoms with Gasteiger partial charge in [0.05, 0.1) is 5.69 Å². The van der Waals surface area contributed by atoms with Crippen molar-refractivity contribution in [2.45, 2.75) is 40.0 Å². The highest BCUT2D eigenvalue weighted by molar-refractivity contribution is 9.10. The number of anilines is 1. The van der Waals surface area contributed by atoms with Crippen LogP contribution in [0.3, 0.4) is 0 Å². The third-order valence-electron chi connectivity index (χ3n) is 4.03. The van der Waals surface area contributed by atoms with E-state index in [-0.39, 0.29) is 5.78 Å². The van der Waals surface area contributed by atoms with Gasteiger partial charge in [-0.15, -0.1) is 0 Å². The molecule has 2 nitrogen and oxygen atoms in total. The van der Waals surface area contributed by atoms with Crippen molar-refractivity contribution in [3.63, 3.8) is 0 Å². The Morgan fingerprint density at radius 2 is 2.00 bits per heavy atom. The third-order valence-corrected chi connectivity index (χ3v) is 4.67. The second kappa shape index (κ2) is 5.66. The summed E-state index contributed by atoms with van der Waals surface area (Å²) in [5.41, 5.74) is 2.43. The molecule has 0 spiro atoms. The summed E-state index contributed by atoms with van der Waals surface area (Å²) < 4.78 is 1.03. The molecular weight excluding hydrogens is 302 g/mol. The van der Waals surface area contributed by atoms with Gasteiger partial charge in [-0.1, -0.05) is 13.8 Å². The summed E-state index contributed by atoms with van der Waals surface area (Å²) in [5, 5.41) is 0. The summed E-state index contributed by atoms with van der Waals surface area (Å²) in [4.78, 5) is 13.8. The van der Waals surface area contributed by atoms with Crippen molar-refractivity contribution < 1.29 is 4.79 Å². The molecule has 0 aliphatic carbocycles. The number of benzene rings is 1. The van der Waals surface area contributed by atoms with E-state index in [1.807, 2.05) is 12.1 Å². The Balaban J connectivity index is 2.20. The molecule has 1 aromatic rings. The fourth-order valence-corrected chi connectivity index (χ4v) is 3.28. The Hall–Kier alpha value is -0.830. The van der Waals surface area contributed by atoms with Crippen LogP contribution in [0.25, 0.3) is 0 Å². The van der Waals surface area contributed by atoms with Crippen molar-refractivity contribution in [3.05, 3.63) is 28.2 Å². The Kier molecular flexibility index (Phi) is 4.34. The van der Waals surface area contributed by atoms with E-state index in [1.54, 1.807) is 6.92 Å². The quantitative estimate of drug-likeness (QED) is 0.737. The Morgan fingerprint density at radius 3 is 2.63 bits per heavy atom. The zero-order valence-electron chi connectivity index (χ0n) is 12.0. The van der Waals surface area contributed by atoms with Gasteiger partial charge in [0.25, 0.3) is 0 Å². The molecule has 0 aromatic heterocycles. The van der Waals surface area contributed by atoms with Crippen LogP contribution in [0.5, 0.6) is 0 Å². The zero-order chi connectivity index (χ0) is 14.0. The van der Waals surface area contributed by atoms with Crippen LogP contribution in [0.2, 0.25) is 0 Å². The lowest BCUT2D eigenvalue weighted by Gasteiger charge is -2.26. The molecular formula is C16H22BrNO. The van der Waals surface area contributed by atoms with Crippen molar-refractivity contribution in [3.8, 4) is 0 Å². The zero-order valence-corrected chi connectivity index (χ0v) is 13.6. The van der Waals surface area contributed by atoms with Crippen molar-refractivity contribution >= 4 is 27.4 Å². The molecule has 0 atom stereocenters. The van der Waals surface area contributed by atoms with Crippen LogP contribution in [0, 0.1) is 5.41 Å². The summed E-state index contributed by atoms with van der Waals surface area (Å²) in [6, 6.07) is 5.94. The first-order chi connectivity index (χ1) is 8.89. The molecule has 104 valence electrons. The number of carbonyl (C=O) groups is 1. The van der Waals surface area contributed by atoms with Gasteiger partial charge in [-0.25, -0.2) is 0 Å². The maximum atomic E-state index is 11.4. The standard InChI is InChI=1S/C16H22BrNO/c1-12(19)13-5-6-15(14(17)11-13)18-9-4-7-16(2,3)8-10-18/h5-6,11H,4,7-10H2,1-3H3. The number of Topliss-reactive ketones (excluding diaryl/α,β-unsaturated/α-hetero) is 1. The maximum Gasteiger partial charge on any atom is 0.159 e. The minimum absolute atomic E-state index is 0.115. The van der Waals surface area contributed by atoms with Crippen molar-refractivity contribution in [2.24, 2.45) is 5.41 Å². The third kappa shape index (κ3) is 3.59. The highest BCUT2D eigenvalue weighted by Crippen LogP contribution is 2.34. The van der Waals surface area contributed by atoms with Crippen LogP contribution < -0.4 is 4.90 Å². The number of rotatable bonds is 2. The fourth-order valence-electron chi connectivity index (χ4n) is 2.65. The summed E-state index contributed by atoms with van der Waals surface area (Å²) >= 11 is 3.61. The van der Waals surface area contributed by atoms with E-state index in [9.17, 15) is 4.79 Å². The molecule has 19 heavy (non-hydrogen) atoms. The van der Waals surface area contributed by atoms with Crippen LogP contribution >= 0.6 is 15.9 Å². The SMILES string of the molecule is CC(=O)c1ccc(N2CCCC(C)(C)CC2)c(Br)c1. The second-order valence-electron chi connectivity index (χ2n) is 6.23. The molecule has 0 radical (unpaired) electrons. The predicted octanol–water partition coefficient (Wildman–Crippen LogP) is 4.67. The molecule has 0 saturated carbocycles. The van der Waals surface area contributed by atoms with Gasteiger partial charge in [0.1, 0.15) is 0 Å². The molecule has 0 unspecified atom stereocenters. The van der Waals surface area contributed by atoms with Crippen LogP contribution in [0.4, 0.5) is 5.69 Å². The van der Waals surface area contributed by atoms with E-state index in [2.05, 4.69) is 40.7 Å².